The number of carboxylic acid groups (broad SMARTS) is 2. The molecule has 5 atom stereocenters. The van der Waals surface area contributed by atoms with Crippen LogP contribution in [0.1, 0.15) is 31.7 Å². The molecule has 0 spiro atoms. The molecule has 0 heterocycles. The van der Waals surface area contributed by atoms with Crippen LogP contribution in [0, 0.1) is 0 Å². The van der Waals surface area contributed by atoms with Gasteiger partial charge in [-0.2, -0.15) is 0 Å². The average molecular weight is 538 g/mol. The molecule has 0 fully saturated rings. The summed E-state index contributed by atoms with van der Waals surface area (Å²) in [5.41, 5.74) is 16.9. The lowest BCUT2D eigenvalue weighted by atomic mass is 10.0. The first kappa shape index (κ1) is 31.8. The molecule has 0 bridgehead atoms. The van der Waals surface area contributed by atoms with Crippen molar-refractivity contribution in [3.63, 3.8) is 0 Å². The van der Waals surface area contributed by atoms with Crippen molar-refractivity contribution >= 4 is 35.6 Å². The van der Waals surface area contributed by atoms with E-state index >= 15 is 0 Å². The highest BCUT2D eigenvalue weighted by Gasteiger charge is 2.33. The first-order chi connectivity index (χ1) is 17.8. The summed E-state index contributed by atoms with van der Waals surface area (Å²) in [6.07, 6.45) is -1.93. The van der Waals surface area contributed by atoms with Gasteiger partial charge in [0.25, 0.3) is 0 Å². The Bertz CT molecular complexity index is 999. The highest BCUT2D eigenvalue weighted by Crippen LogP contribution is 2.06. The second-order valence-corrected chi connectivity index (χ2v) is 8.53. The maximum Gasteiger partial charge on any atom is 0.326 e. The van der Waals surface area contributed by atoms with Crippen molar-refractivity contribution in [2.24, 2.45) is 22.2 Å². The van der Waals surface area contributed by atoms with Gasteiger partial charge in [0.15, 0.2) is 5.96 Å². The van der Waals surface area contributed by atoms with E-state index < -0.39 is 66.4 Å². The summed E-state index contributed by atoms with van der Waals surface area (Å²) < 4.78 is 0. The van der Waals surface area contributed by atoms with Gasteiger partial charge in [-0.1, -0.05) is 30.3 Å². The zero-order valence-electron chi connectivity index (χ0n) is 20.9. The molecule has 0 saturated heterocycles. The number of amides is 3. The molecular formula is C23H35N7O8. The van der Waals surface area contributed by atoms with Crippen LogP contribution in [0.3, 0.4) is 0 Å². The Morgan fingerprint density at radius 1 is 0.921 bits per heavy atom. The van der Waals surface area contributed by atoms with Gasteiger partial charge in [0, 0.05) is 13.0 Å². The summed E-state index contributed by atoms with van der Waals surface area (Å²) in [5.74, 6) is -5.88. The minimum absolute atomic E-state index is 0.0942. The zero-order chi connectivity index (χ0) is 28.8. The number of aliphatic imine (C=N–C) groups is 1. The second-order valence-electron chi connectivity index (χ2n) is 8.53. The molecule has 0 aliphatic rings. The summed E-state index contributed by atoms with van der Waals surface area (Å²) in [7, 11) is 0. The maximum absolute atomic E-state index is 12.8. The third-order valence-corrected chi connectivity index (χ3v) is 5.28. The van der Waals surface area contributed by atoms with Crippen LogP contribution >= 0.6 is 0 Å². The standard InChI is InChI=1S/C23H35N7O8/c1-12(31)18(30-19(34)14(24)8-5-9-27-23(25)26)21(36)28-15(11-17(32)33)20(35)29-16(22(37)38)10-13-6-3-2-4-7-13/h2-4,6-7,12,14-16,18,31H,5,8-11,24H2,1H3,(H,28,36)(H,29,35)(H,30,34)(H,32,33)(H,37,38)(H4,25,26,27). The Labute approximate surface area is 218 Å². The lowest BCUT2D eigenvalue weighted by molar-refractivity contribution is -0.143. The fourth-order valence-electron chi connectivity index (χ4n) is 3.28. The number of carbonyl (C=O) groups is 5. The Hall–Kier alpha value is -4.24. The molecule has 0 saturated carbocycles. The van der Waals surface area contributed by atoms with Crippen LogP contribution in [0.2, 0.25) is 0 Å². The first-order valence-corrected chi connectivity index (χ1v) is 11.7. The summed E-state index contributed by atoms with van der Waals surface area (Å²) in [4.78, 5) is 64.8. The number of aliphatic hydroxyl groups is 1. The molecule has 15 nitrogen and oxygen atoms in total. The molecule has 0 aliphatic heterocycles. The van der Waals surface area contributed by atoms with Gasteiger partial charge in [-0.3, -0.25) is 24.2 Å². The van der Waals surface area contributed by atoms with Crippen molar-refractivity contribution < 1.29 is 39.3 Å². The number of aliphatic carboxylic acids is 2. The van der Waals surface area contributed by atoms with Crippen molar-refractivity contribution in [1.82, 2.24) is 16.0 Å². The minimum Gasteiger partial charge on any atom is -0.481 e. The topological polar surface area (TPSA) is 273 Å². The number of benzene rings is 1. The highest BCUT2D eigenvalue weighted by molar-refractivity contribution is 5.95. The highest BCUT2D eigenvalue weighted by atomic mass is 16.4. The summed E-state index contributed by atoms with van der Waals surface area (Å²) >= 11 is 0. The largest absolute Gasteiger partial charge is 0.481 e. The average Bonchev–Trinajstić information content (AvgIpc) is 2.83. The summed E-state index contributed by atoms with van der Waals surface area (Å²) in [6.45, 7) is 1.42. The quantitative estimate of drug-likeness (QED) is 0.0582. The molecule has 3 amide bonds. The molecule has 1 aromatic rings. The Morgan fingerprint density at radius 3 is 2.05 bits per heavy atom. The van der Waals surface area contributed by atoms with Gasteiger partial charge in [0.2, 0.25) is 17.7 Å². The second kappa shape index (κ2) is 15.8. The van der Waals surface area contributed by atoms with E-state index in [9.17, 15) is 39.3 Å². The predicted octanol–water partition coefficient (Wildman–Crippen LogP) is -3.00. The molecule has 1 rings (SSSR count). The fourth-order valence-corrected chi connectivity index (χ4v) is 3.28. The van der Waals surface area contributed by atoms with E-state index in [1.807, 2.05) is 0 Å². The van der Waals surface area contributed by atoms with Crippen LogP contribution in [-0.2, 0) is 30.4 Å². The molecule has 0 aliphatic carbocycles. The Kier molecular flexibility index (Phi) is 13.2. The molecule has 0 aromatic heterocycles. The molecule has 1 aromatic carbocycles. The predicted molar refractivity (Wildman–Crippen MR) is 135 cm³/mol. The van der Waals surface area contributed by atoms with Crippen LogP contribution in [0.5, 0.6) is 0 Å². The first-order valence-electron chi connectivity index (χ1n) is 11.7. The Morgan fingerprint density at radius 2 is 1.53 bits per heavy atom. The zero-order valence-corrected chi connectivity index (χ0v) is 20.9. The van der Waals surface area contributed by atoms with Crippen molar-refractivity contribution in [1.29, 1.82) is 0 Å². The molecule has 0 radical (unpaired) electrons. The normalized spacial score (nSPS) is 14.6. The number of nitrogens with one attached hydrogen (secondary N) is 3. The molecule has 12 N–H and O–H groups in total. The van der Waals surface area contributed by atoms with E-state index in [0.29, 0.717) is 12.0 Å². The minimum atomic E-state index is -1.70. The van der Waals surface area contributed by atoms with Crippen molar-refractivity contribution in [3.8, 4) is 0 Å². The molecule has 15 heteroatoms. The third-order valence-electron chi connectivity index (χ3n) is 5.28. The number of nitrogens with zero attached hydrogens (tertiary/aromatic N) is 1. The van der Waals surface area contributed by atoms with Gasteiger partial charge in [-0.15, -0.1) is 0 Å². The van der Waals surface area contributed by atoms with Gasteiger partial charge < -0.3 is 48.5 Å². The summed E-state index contributed by atoms with van der Waals surface area (Å²) in [5, 5.41) is 35.4. The number of carbonyl (C=O) groups excluding carboxylic acids is 3. The van der Waals surface area contributed by atoms with Crippen LogP contribution in [0.25, 0.3) is 0 Å². The van der Waals surface area contributed by atoms with E-state index in [-0.39, 0.29) is 25.3 Å². The van der Waals surface area contributed by atoms with Crippen LogP contribution < -0.4 is 33.2 Å². The molecule has 5 unspecified atom stereocenters. The van der Waals surface area contributed by atoms with Crippen LogP contribution in [0.15, 0.2) is 35.3 Å². The SMILES string of the molecule is CC(O)C(NC(=O)C(N)CCCN=C(N)N)C(=O)NC(CC(=O)O)C(=O)NC(Cc1ccccc1)C(=O)O. The Balaban J connectivity index is 2.90. The van der Waals surface area contributed by atoms with E-state index in [1.165, 1.54) is 6.92 Å². The number of guanidine groups is 1. The van der Waals surface area contributed by atoms with Crippen molar-refractivity contribution in [3.05, 3.63) is 35.9 Å². The van der Waals surface area contributed by atoms with Gasteiger partial charge in [-0.05, 0) is 25.3 Å². The van der Waals surface area contributed by atoms with E-state index in [2.05, 4.69) is 20.9 Å². The number of carboxylic acids is 2. The lowest BCUT2D eigenvalue weighted by Gasteiger charge is -2.26. The third kappa shape index (κ3) is 11.7. The fraction of sp³-hybridized carbons (Fsp3) is 0.478. The van der Waals surface area contributed by atoms with Crippen molar-refractivity contribution in [2.75, 3.05) is 6.54 Å². The van der Waals surface area contributed by atoms with Crippen LogP contribution in [-0.4, -0.2) is 87.8 Å². The summed E-state index contributed by atoms with van der Waals surface area (Å²) in [6, 6.07) is 2.62. The van der Waals surface area contributed by atoms with Crippen molar-refractivity contribution in [2.45, 2.75) is 62.9 Å². The maximum atomic E-state index is 12.8. The number of nitrogens with two attached hydrogens (primary N) is 3. The van der Waals surface area contributed by atoms with Gasteiger partial charge in [0.1, 0.15) is 18.1 Å². The van der Waals surface area contributed by atoms with E-state index in [1.54, 1.807) is 30.3 Å². The molecular weight excluding hydrogens is 502 g/mol. The van der Waals surface area contributed by atoms with Gasteiger partial charge in [-0.25, -0.2) is 4.79 Å². The lowest BCUT2D eigenvalue weighted by Crippen LogP contribution is -2.60. The smallest absolute Gasteiger partial charge is 0.326 e. The number of hydrogen-bond acceptors (Lipinski definition) is 8. The molecule has 210 valence electrons. The van der Waals surface area contributed by atoms with E-state index in [0.717, 1.165) is 0 Å². The number of hydrogen-bond donors (Lipinski definition) is 9. The van der Waals surface area contributed by atoms with E-state index in [4.69, 9.17) is 17.2 Å². The molecule has 38 heavy (non-hydrogen) atoms. The number of aliphatic hydroxyl groups excluding tert-OH is 1. The van der Waals surface area contributed by atoms with Gasteiger partial charge >= 0.3 is 11.9 Å². The number of rotatable bonds is 16. The van der Waals surface area contributed by atoms with Gasteiger partial charge in [0.05, 0.1) is 18.6 Å². The van der Waals surface area contributed by atoms with Crippen LogP contribution in [0.4, 0.5) is 0 Å². The monoisotopic (exact) mass is 537 g/mol.